The van der Waals surface area contributed by atoms with Crippen LogP contribution in [0, 0.1) is 0 Å². The highest BCUT2D eigenvalue weighted by atomic mass is 79.9. The molecule has 0 spiro atoms. The number of hydrogen-bond acceptors (Lipinski definition) is 3. The van der Waals surface area contributed by atoms with E-state index in [0.29, 0.717) is 5.56 Å². The molecule has 0 aliphatic rings. The summed E-state index contributed by atoms with van der Waals surface area (Å²) in [5, 5.41) is 0.254. The molecule has 0 saturated carbocycles. The zero-order valence-electron chi connectivity index (χ0n) is 8.84. The standard InChI is InChI=1S/C10H9Br2F2NO2/c1-2-17-10(16)6-4-15-8(9(13)14)7(12)5(6)3-11/h4,9H,2-3H2,1H3. The van der Waals surface area contributed by atoms with Crippen LogP contribution in [0.4, 0.5) is 8.78 Å². The lowest BCUT2D eigenvalue weighted by molar-refractivity contribution is 0.0524. The van der Waals surface area contributed by atoms with Crippen molar-refractivity contribution >= 4 is 37.8 Å². The monoisotopic (exact) mass is 371 g/mol. The van der Waals surface area contributed by atoms with Crippen LogP contribution in [0.3, 0.4) is 0 Å². The molecule has 0 bridgehead atoms. The van der Waals surface area contributed by atoms with Crippen LogP contribution in [0.1, 0.15) is 35.0 Å². The van der Waals surface area contributed by atoms with E-state index in [2.05, 4.69) is 36.8 Å². The first-order valence-corrected chi connectivity index (χ1v) is 6.62. The molecule has 0 N–H and O–H groups in total. The first kappa shape index (κ1) is 14.5. The van der Waals surface area contributed by atoms with Gasteiger partial charge in [-0.3, -0.25) is 4.98 Å². The molecule has 1 rings (SSSR count). The Hall–Kier alpha value is -0.560. The number of alkyl halides is 3. The van der Waals surface area contributed by atoms with Crippen LogP contribution in [0.25, 0.3) is 0 Å². The summed E-state index contributed by atoms with van der Waals surface area (Å²) >= 11 is 6.18. The van der Waals surface area contributed by atoms with E-state index in [1.807, 2.05) is 0 Å². The normalized spacial score (nSPS) is 10.7. The third-order valence-electron chi connectivity index (χ3n) is 1.98. The van der Waals surface area contributed by atoms with Crippen LogP contribution in [0.2, 0.25) is 0 Å². The van der Waals surface area contributed by atoms with Crippen molar-refractivity contribution in [1.82, 2.24) is 4.98 Å². The van der Waals surface area contributed by atoms with Crippen molar-refractivity contribution in [2.45, 2.75) is 18.7 Å². The Morgan fingerprint density at radius 3 is 2.71 bits per heavy atom. The zero-order valence-corrected chi connectivity index (χ0v) is 12.0. The van der Waals surface area contributed by atoms with Crippen molar-refractivity contribution in [2.75, 3.05) is 6.61 Å². The molecule has 1 aromatic rings. The van der Waals surface area contributed by atoms with E-state index < -0.39 is 12.4 Å². The minimum atomic E-state index is -2.70. The molecule has 0 unspecified atom stereocenters. The van der Waals surface area contributed by atoms with Gasteiger partial charge in [-0.2, -0.15) is 0 Å². The van der Waals surface area contributed by atoms with Crippen molar-refractivity contribution in [3.8, 4) is 0 Å². The number of esters is 1. The maximum atomic E-state index is 12.6. The van der Waals surface area contributed by atoms with Gasteiger partial charge in [-0.05, 0) is 28.4 Å². The molecule has 0 aliphatic carbocycles. The van der Waals surface area contributed by atoms with Crippen molar-refractivity contribution < 1.29 is 18.3 Å². The van der Waals surface area contributed by atoms with Crippen LogP contribution in [-0.4, -0.2) is 17.6 Å². The molecule has 0 atom stereocenters. The van der Waals surface area contributed by atoms with Crippen LogP contribution in [-0.2, 0) is 10.1 Å². The third-order valence-corrected chi connectivity index (χ3v) is 3.43. The molecule has 94 valence electrons. The van der Waals surface area contributed by atoms with E-state index in [1.165, 1.54) is 0 Å². The summed E-state index contributed by atoms with van der Waals surface area (Å²) in [5.41, 5.74) is 0.209. The number of nitrogens with zero attached hydrogens (tertiary/aromatic N) is 1. The molecular formula is C10H9Br2F2NO2. The lowest BCUT2D eigenvalue weighted by Crippen LogP contribution is -2.10. The van der Waals surface area contributed by atoms with Crippen molar-refractivity contribution in [3.05, 3.63) is 27.5 Å². The minimum absolute atomic E-state index is 0.134. The van der Waals surface area contributed by atoms with Gasteiger partial charge in [-0.15, -0.1) is 0 Å². The van der Waals surface area contributed by atoms with E-state index in [0.717, 1.165) is 6.20 Å². The molecule has 0 fully saturated rings. The van der Waals surface area contributed by atoms with Crippen LogP contribution < -0.4 is 0 Å². The Balaban J connectivity index is 3.25. The van der Waals surface area contributed by atoms with Crippen LogP contribution in [0.15, 0.2) is 10.7 Å². The molecule has 1 heterocycles. The van der Waals surface area contributed by atoms with Gasteiger partial charge in [0.05, 0.1) is 12.2 Å². The first-order chi connectivity index (χ1) is 8.02. The number of ether oxygens (including phenoxy) is 1. The summed E-state index contributed by atoms with van der Waals surface area (Å²) < 4.78 is 30.2. The fourth-order valence-electron chi connectivity index (χ4n) is 1.21. The predicted octanol–water partition coefficient (Wildman–Crippen LogP) is 3.85. The maximum Gasteiger partial charge on any atom is 0.340 e. The Bertz CT molecular complexity index is 427. The first-order valence-electron chi connectivity index (χ1n) is 4.71. The van der Waals surface area contributed by atoms with Gasteiger partial charge in [-0.1, -0.05) is 15.9 Å². The molecule has 1 aromatic heterocycles. The topological polar surface area (TPSA) is 39.2 Å². The largest absolute Gasteiger partial charge is 0.462 e. The van der Waals surface area contributed by atoms with Crippen molar-refractivity contribution in [2.24, 2.45) is 0 Å². The second kappa shape index (κ2) is 6.39. The van der Waals surface area contributed by atoms with E-state index in [-0.39, 0.29) is 27.7 Å². The van der Waals surface area contributed by atoms with Gasteiger partial charge in [0.2, 0.25) is 0 Å². The fraction of sp³-hybridized carbons (Fsp3) is 0.400. The van der Waals surface area contributed by atoms with Crippen LogP contribution >= 0.6 is 31.9 Å². The minimum Gasteiger partial charge on any atom is -0.462 e. The lowest BCUT2D eigenvalue weighted by atomic mass is 10.1. The molecular weight excluding hydrogens is 364 g/mol. The Morgan fingerprint density at radius 2 is 2.24 bits per heavy atom. The summed E-state index contributed by atoms with van der Waals surface area (Å²) in [5.74, 6) is -0.573. The number of pyridine rings is 1. The smallest absolute Gasteiger partial charge is 0.340 e. The van der Waals surface area contributed by atoms with Gasteiger partial charge in [0.25, 0.3) is 6.43 Å². The Morgan fingerprint density at radius 1 is 1.59 bits per heavy atom. The van der Waals surface area contributed by atoms with Crippen LogP contribution in [0.5, 0.6) is 0 Å². The molecule has 0 radical (unpaired) electrons. The van der Waals surface area contributed by atoms with Crippen molar-refractivity contribution in [1.29, 1.82) is 0 Å². The second-order valence-electron chi connectivity index (χ2n) is 3.00. The predicted molar refractivity (Wildman–Crippen MR) is 65.5 cm³/mol. The third kappa shape index (κ3) is 3.22. The van der Waals surface area contributed by atoms with Gasteiger partial charge in [0, 0.05) is 16.0 Å². The van der Waals surface area contributed by atoms with Gasteiger partial charge in [-0.25, -0.2) is 13.6 Å². The number of halogens is 4. The molecule has 0 saturated heterocycles. The Labute approximate surface area is 114 Å². The summed E-state index contributed by atoms with van der Waals surface area (Å²) in [7, 11) is 0. The zero-order chi connectivity index (χ0) is 13.0. The van der Waals surface area contributed by atoms with E-state index in [4.69, 9.17) is 4.74 Å². The van der Waals surface area contributed by atoms with Crippen molar-refractivity contribution in [3.63, 3.8) is 0 Å². The molecule has 17 heavy (non-hydrogen) atoms. The number of carbonyl (C=O) groups is 1. The lowest BCUT2D eigenvalue weighted by Gasteiger charge is -2.11. The molecule has 7 heteroatoms. The summed E-state index contributed by atoms with van der Waals surface area (Å²) in [6.45, 7) is 1.89. The van der Waals surface area contributed by atoms with E-state index in [1.54, 1.807) is 6.92 Å². The molecule has 0 aliphatic heterocycles. The number of rotatable bonds is 4. The average Bonchev–Trinajstić information content (AvgIpc) is 2.28. The van der Waals surface area contributed by atoms with Gasteiger partial charge < -0.3 is 4.74 Å². The van der Waals surface area contributed by atoms with Gasteiger partial charge >= 0.3 is 5.97 Å². The van der Waals surface area contributed by atoms with Gasteiger partial charge in [0.15, 0.2) is 0 Å². The summed E-state index contributed by atoms with van der Waals surface area (Å²) in [4.78, 5) is 15.1. The molecule has 3 nitrogen and oxygen atoms in total. The molecule has 0 aromatic carbocycles. The SMILES string of the molecule is CCOC(=O)c1cnc(C(F)F)c(Br)c1CBr. The quantitative estimate of drug-likeness (QED) is 0.595. The second-order valence-corrected chi connectivity index (χ2v) is 4.36. The highest BCUT2D eigenvalue weighted by Gasteiger charge is 2.22. The summed E-state index contributed by atoms with van der Waals surface area (Å²) in [6, 6.07) is 0. The highest BCUT2D eigenvalue weighted by Crippen LogP contribution is 2.31. The number of aromatic nitrogens is 1. The van der Waals surface area contributed by atoms with Gasteiger partial charge in [0.1, 0.15) is 5.69 Å². The number of carbonyl (C=O) groups excluding carboxylic acids is 1. The fourth-order valence-corrected chi connectivity index (χ4v) is 2.80. The summed E-state index contributed by atoms with van der Waals surface area (Å²) in [6.07, 6.45) is -1.58. The number of hydrogen-bond donors (Lipinski definition) is 0. The maximum absolute atomic E-state index is 12.6. The Kier molecular flexibility index (Phi) is 5.45. The average molecular weight is 373 g/mol. The molecule has 0 amide bonds. The van der Waals surface area contributed by atoms with E-state index in [9.17, 15) is 13.6 Å². The van der Waals surface area contributed by atoms with E-state index >= 15 is 0 Å². The highest BCUT2D eigenvalue weighted by molar-refractivity contribution is 9.10.